The number of alkyl halides is 1. The standard InChI is InChI=1S/C11H11ClN2O2/c1-6-10(12)11(15)14-9-5-7(16-2)3-4-8(9)13-6/h3-5,10H,1-2H3,(H,14,15). The van der Waals surface area contributed by atoms with E-state index in [1.165, 1.54) is 0 Å². The highest BCUT2D eigenvalue weighted by Crippen LogP contribution is 2.32. The van der Waals surface area contributed by atoms with Crippen LogP contribution in [0.25, 0.3) is 0 Å². The van der Waals surface area contributed by atoms with Crippen molar-refractivity contribution in [3.63, 3.8) is 0 Å². The van der Waals surface area contributed by atoms with E-state index in [9.17, 15) is 4.79 Å². The number of halogens is 1. The Morgan fingerprint density at radius 3 is 2.94 bits per heavy atom. The third kappa shape index (κ3) is 1.88. The molecule has 1 aliphatic heterocycles. The van der Waals surface area contributed by atoms with Gasteiger partial charge in [0.2, 0.25) is 5.91 Å². The summed E-state index contributed by atoms with van der Waals surface area (Å²) in [5.41, 5.74) is 1.89. The lowest BCUT2D eigenvalue weighted by atomic mass is 10.2. The summed E-state index contributed by atoms with van der Waals surface area (Å²) in [4.78, 5) is 15.9. The van der Waals surface area contributed by atoms with Crippen molar-refractivity contribution in [2.45, 2.75) is 12.3 Å². The van der Waals surface area contributed by atoms with Gasteiger partial charge in [-0.1, -0.05) is 0 Å². The molecule has 1 heterocycles. The molecule has 5 heteroatoms. The van der Waals surface area contributed by atoms with E-state index in [4.69, 9.17) is 16.3 Å². The molecule has 0 saturated carbocycles. The summed E-state index contributed by atoms with van der Waals surface area (Å²) in [6, 6.07) is 5.29. The second kappa shape index (κ2) is 4.14. The van der Waals surface area contributed by atoms with Crippen molar-refractivity contribution in [3.05, 3.63) is 18.2 Å². The van der Waals surface area contributed by atoms with Gasteiger partial charge in [0.25, 0.3) is 0 Å². The molecule has 0 aromatic heterocycles. The van der Waals surface area contributed by atoms with Crippen molar-refractivity contribution in [2.24, 2.45) is 4.99 Å². The summed E-state index contributed by atoms with van der Waals surface area (Å²) < 4.78 is 5.08. The Hall–Kier alpha value is -1.55. The second-order valence-electron chi connectivity index (χ2n) is 3.49. The van der Waals surface area contributed by atoms with Gasteiger partial charge in [-0.05, 0) is 19.1 Å². The summed E-state index contributed by atoms with van der Waals surface area (Å²) >= 11 is 5.91. The van der Waals surface area contributed by atoms with Crippen molar-refractivity contribution >= 4 is 34.6 Å². The maximum atomic E-state index is 11.6. The number of nitrogens with zero attached hydrogens (tertiary/aromatic N) is 1. The van der Waals surface area contributed by atoms with Crippen molar-refractivity contribution < 1.29 is 9.53 Å². The van der Waals surface area contributed by atoms with Gasteiger partial charge in [0, 0.05) is 11.8 Å². The molecule has 84 valence electrons. The minimum atomic E-state index is -0.724. The predicted molar refractivity (Wildman–Crippen MR) is 64.0 cm³/mol. The molecule has 0 fully saturated rings. The van der Waals surface area contributed by atoms with Crippen LogP contribution in [0.1, 0.15) is 6.92 Å². The fourth-order valence-corrected chi connectivity index (χ4v) is 1.58. The molecule has 0 spiro atoms. The van der Waals surface area contributed by atoms with Crippen LogP contribution in [-0.4, -0.2) is 24.1 Å². The number of ether oxygens (including phenoxy) is 1. The maximum Gasteiger partial charge on any atom is 0.248 e. The zero-order valence-corrected chi connectivity index (χ0v) is 9.71. The van der Waals surface area contributed by atoms with E-state index in [0.717, 1.165) is 0 Å². The van der Waals surface area contributed by atoms with Gasteiger partial charge in [-0.25, -0.2) is 0 Å². The lowest BCUT2D eigenvalue weighted by Crippen LogP contribution is -2.27. The summed E-state index contributed by atoms with van der Waals surface area (Å²) in [6.45, 7) is 1.73. The van der Waals surface area contributed by atoms with Crippen molar-refractivity contribution in [1.82, 2.24) is 0 Å². The Morgan fingerprint density at radius 1 is 1.50 bits per heavy atom. The second-order valence-corrected chi connectivity index (χ2v) is 3.92. The number of rotatable bonds is 1. The van der Waals surface area contributed by atoms with Crippen LogP contribution in [0.15, 0.2) is 23.2 Å². The highest BCUT2D eigenvalue weighted by molar-refractivity contribution is 6.44. The fourth-order valence-electron chi connectivity index (χ4n) is 1.47. The van der Waals surface area contributed by atoms with Crippen LogP contribution in [0.5, 0.6) is 5.75 Å². The summed E-state index contributed by atoms with van der Waals surface area (Å²) in [6.07, 6.45) is 0. The van der Waals surface area contributed by atoms with Gasteiger partial charge in [-0.3, -0.25) is 9.79 Å². The van der Waals surface area contributed by atoms with E-state index in [1.807, 2.05) is 0 Å². The van der Waals surface area contributed by atoms with E-state index in [2.05, 4.69) is 10.3 Å². The molecule has 0 aliphatic carbocycles. The molecular formula is C11H11ClN2O2. The first-order valence-electron chi connectivity index (χ1n) is 4.80. The molecule has 0 bridgehead atoms. The smallest absolute Gasteiger partial charge is 0.248 e. The normalized spacial score (nSPS) is 19.3. The monoisotopic (exact) mass is 238 g/mol. The third-order valence-electron chi connectivity index (χ3n) is 2.36. The maximum absolute atomic E-state index is 11.6. The quantitative estimate of drug-likeness (QED) is 0.764. The number of nitrogens with one attached hydrogen (secondary N) is 1. The molecule has 2 rings (SSSR count). The van der Waals surface area contributed by atoms with Crippen LogP contribution in [-0.2, 0) is 4.79 Å². The first-order chi connectivity index (χ1) is 7.61. The summed E-state index contributed by atoms with van der Waals surface area (Å²) in [7, 11) is 1.57. The van der Waals surface area contributed by atoms with Gasteiger partial charge in [-0.15, -0.1) is 11.6 Å². The molecule has 1 atom stereocenters. The van der Waals surface area contributed by atoms with E-state index in [1.54, 1.807) is 32.2 Å². The summed E-state index contributed by atoms with van der Waals surface area (Å²) in [5, 5.41) is 1.99. The number of methoxy groups -OCH3 is 1. The predicted octanol–water partition coefficient (Wildman–Crippen LogP) is 2.35. The molecule has 1 aliphatic rings. The summed E-state index contributed by atoms with van der Waals surface area (Å²) in [5.74, 6) is 0.398. The highest BCUT2D eigenvalue weighted by atomic mass is 35.5. The molecule has 1 aromatic carbocycles. The first-order valence-corrected chi connectivity index (χ1v) is 5.23. The third-order valence-corrected chi connectivity index (χ3v) is 2.87. The minimum Gasteiger partial charge on any atom is -0.497 e. The van der Waals surface area contributed by atoms with E-state index in [-0.39, 0.29) is 5.91 Å². The molecule has 16 heavy (non-hydrogen) atoms. The number of carbonyl (C=O) groups excluding carboxylic acids is 1. The molecule has 1 N–H and O–H groups in total. The molecule has 1 unspecified atom stereocenters. The van der Waals surface area contributed by atoms with Gasteiger partial charge in [0.1, 0.15) is 5.75 Å². The molecule has 1 amide bonds. The van der Waals surface area contributed by atoms with Gasteiger partial charge >= 0.3 is 0 Å². The first kappa shape index (κ1) is 11.0. The lowest BCUT2D eigenvalue weighted by molar-refractivity contribution is -0.114. The minimum absolute atomic E-state index is 0.269. The van der Waals surface area contributed by atoms with Crippen molar-refractivity contribution in [2.75, 3.05) is 12.4 Å². The Balaban J connectivity index is 2.50. The number of aliphatic imine (C=N–C) groups is 1. The van der Waals surface area contributed by atoms with E-state index < -0.39 is 5.38 Å². The van der Waals surface area contributed by atoms with Crippen LogP contribution in [0.4, 0.5) is 11.4 Å². The fraction of sp³-hybridized carbons (Fsp3) is 0.273. The van der Waals surface area contributed by atoms with Crippen LogP contribution in [0, 0.1) is 0 Å². The average Bonchev–Trinajstić information content (AvgIpc) is 2.38. The Kier molecular flexibility index (Phi) is 2.83. The molecule has 4 nitrogen and oxygen atoms in total. The van der Waals surface area contributed by atoms with Gasteiger partial charge in [0.05, 0.1) is 18.5 Å². The highest BCUT2D eigenvalue weighted by Gasteiger charge is 2.23. The topological polar surface area (TPSA) is 50.7 Å². The number of amides is 1. The molecule has 0 radical (unpaired) electrons. The Morgan fingerprint density at radius 2 is 2.25 bits per heavy atom. The van der Waals surface area contributed by atoms with Crippen LogP contribution >= 0.6 is 11.6 Å². The molecule has 1 aromatic rings. The zero-order chi connectivity index (χ0) is 11.7. The SMILES string of the molecule is COc1ccc2c(c1)NC(=O)C(Cl)C(C)=N2. The number of hydrogen-bond donors (Lipinski definition) is 1. The van der Waals surface area contributed by atoms with E-state index in [0.29, 0.717) is 22.8 Å². The number of fused-ring (bicyclic) bond motifs is 1. The van der Waals surface area contributed by atoms with Crippen LogP contribution in [0.3, 0.4) is 0 Å². The van der Waals surface area contributed by atoms with Crippen LogP contribution < -0.4 is 10.1 Å². The van der Waals surface area contributed by atoms with Gasteiger partial charge in [0.15, 0.2) is 5.38 Å². The van der Waals surface area contributed by atoms with E-state index >= 15 is 0 Å². The van der Waals surface area contributed by atoms with Crippen molar-refractivity contribution in [1.29, 1.82) is 0 Å². The van der Waals surface area contributed by atoms with Crippen molar-refractivity contribution in [3.8, 4) is 5.75 Å². The molecule has 0 saturated heterocycles. The Bertz CT molecular complexity index is 471. The average molecular weight is 239 g/mol. The number of carbonyl (C=O) groups is 1. The largest absolute Gasteiger partial charge is 0.497 e. The van der Waals surface area contributed by atoms with Crippen LogP contribution in [0.2, 0.25) is 0 Å². The van der Waals surface area contributed by atoms with Gasteiger partial charge in [-0.2, -0.15) is 0 Å². The van der Waals surface area contributed by atoms with Gasteiger partial charge < -0.3 is 10.1 Å². The number of anilines is 1. The Labute approximate surface area is 98.3 Å². The zero-order valence-electron chi connectivity index (χ0n) is 8.95. The number of benzene rings is 1. The molecular weight excluding hydrogens is 228 g/mol. The lowest BCUT2D eigenvalue weighted by Gasteiger charge is -2.07. The number of hydrogen-bond acceptors (Lipinski definition) is 3.